The van der Waals surface area contributed by atoms with Crippen molar-refractivity contribution in [3.8, 4) is 0 Å². The Balaban J connectivity index is 2.65. The lowest BCUT2D eigenvalue weighted by molar-refractivity contribution is 1.20. The first-order chi connectivity index (χ1) is 6.45. The summed E-state index contributed by atoms with van der Waals surface area (Å²) in [5, 5.41) is 3.97. The molecule has 62 valence electrons. The van der Waals surface area contributed by atoms with Crippen LogP contribution in [0.1, 0.15) is 0 Å². The monoisotopic (exact) mass is 188 g/mol. The highest BCUT2D eigenvalue weighted by Crippen LogP contribution is 2.22. The van der Waals surface area contributed by atoms with E-state index in [2.05, 4.69) is 19.6 Å². The van der Waals surface area contributed by atoms with E-state index in [0.717, 1.165) is 21.3 Å². The molecule has 3 rings (SSSR count). The Morgan fingerprint density at radius 3 is 2.85 bits per heavy atom. The summed E-state index contributed by atoms with van der Waals surface area (Å²) in [6, 6.07) is 3.82. The molecule has 1 aromatic carbocycles. The maximum Gasteiger partial charge on any atom is 0.110 e. The molecule has 0 aliphatic carbocycles. The van der Waals surface area contributed by atoms with E-state index in [0.29, 0.717) is 0 Å². The molecule has 5 heteroatoms. The number of hydrogen-bond donors (Lipinski definition) is 0. The van der Waals surface area contributed by atoms with E-state index in [1.165, 1.54) is 11.5 Å². The number of aromatic nitrogens is 4. The van der Waals surface area contributed by atoms with Gasteiger partial charge in [0.15, 0.2) is 0 Å². The summed E-state index contributed by atoms with van der Waals surface area (Å²) in [4.78, 5) is 8.45. The Bertz CT molecular complexity index is 574. The molecular formula is C8H4N4S. The van der Waals surface area contributed by atoms with Crippen LogP contribution in [0, 0.1) is 0 Å². The Morgan fingerprint density at radius 1 is 1.00 bits per heavy atom. The van der Waals surface area contributed by atoms with E-state index in [4.69, 9.17) is 0 Å². The maximum atomic E-state index is 4.25. The molecule has 0 bridgehead atoms. The minimum Gasteiger partial charge on any atom is -0.253 e. The molecule has 0 aliphatic heterocycles. The van der Waals surface area contributed by atoms with E-state index in [1.54, 1.807) is 12.4 Å². The normalized spacial score (nSPS) is 11.1. The van der Waals surface area contributed by atoms with Gasteiger partial charge in [0.2, 0.25) is 0 Å². The number of rotatable bonds is 0. The molecule has 0 atom stereocenters. The summed E-state index contributed by atoms with van der Waals surface area (Å²) in [6.45, 7) is 0. The first-order valence-electron chi connectivity index (χ1n) is 3.77. The molecule has 0 fully saturated rings. The molecule has 0 spiro atoms. The van der Waals surface area contributed by atoms with Gasteiger partial charge in [-0.1, -0.05) is 4.49 Å². The fraction of sp³-hybridized carbons (Fsp3) is 0. The van der Waals surface area contributed by atoms with Crippen LogP contribution in [0.5, 0.6) is 0 Å². The van der Waals surface area contributed by atoms with Crippen LogP contribution in [-0.4, -0.2) is 19.6 Å². The zero-order valence-corrected chi connectivity index (χ0v) is 7.32. The highest BCUT2D eigenvalue weighted by atomic mass is 32.1. The molecule has 0 saturated heterocycles. The SMILES string of the molecule is c1cnc2c(ccc3nnsc32)n1. The third kappa shape index (κ3) is 0.905. The second kappa shape index (κ2) is 2.43. The van der Waals surface area contributed by atoms with Crippen molar-refractivity contribution in [1.29, 1.82) is 0 Å². The van der Waals surface area contributed by atoms with E-state index in [-0.39, 0.29) is 0 Å². The van der Waals surface area contributed by atoms with Gasteiger partial charge in [-0.25, -0.2) is 0 Å². The summed E-state index contributed by atoms with van der Waals surface area (Å²) < 4.78 is 4.88. The van der Waals surface area contributed by atoms with Gasteiger partial charge in [-0.3, -0.25) is 9.97 Å². The molecule has 0 unspecified atom stereocenters. The average Bonchev–Trinajstić information content (AvgIpc) is 2.65. The van der Waals surface area contributed by atoms with Crippen LogP contribution < -0.4 is 0 Å². The smallest absolute Gasteiger partial charge is 0.110 e. The molecular weight excluding hydrogens is 184 g/mol. The Morgan fingerprint density at radius 2 is 1.85 bits per heavy atom. The van der Waals surface area contributed by atoms with Crippen molar-refractivity contribution in [2.24, 2.45) is 0 Å². The summed E-state index contributed by atoms with van der Waals surface area (Å²) >= 11 is 1.35. The van der Waals surface area contributed by atoms with Gasteiger partial charge in [0, 0.05) is 12.4 Å². The maximum absolute atomic E-state index is 4.25. The van der Waals surface area contributed by atoms with Crippen molar-refractivity contribution < 1.29 is 0 Å². The van der Waals surface area contributed by atoms with Crippen molar-refractivity contribution in [1.82, 2.24) is 19.6 Å². The molecule has 3 aromatic rings. The largest absolute Gasteiger partial charge is 0.253 e. The lowest BCUT2D eigenvalue weighted by Gasteiger charge is -1.93. The lowest BCUT2D eigenvalue weighted by atomic mass is 10.3. The second-order valence-electron chi connectivity index (χ2n) is 2.61. The third-order valence-electron chi connectivity index (χ3n) is 1.85. The predicted octanol–water partition coefficient (Wildman–Crippen LogP) is 1.63. The summed E-state index contributed by atoms with van der Waals surface area (Å²) in [6.07, 6.45) is 3.37. The molecule has 0 aliphatic rings. The Labute approximate surface area is 77.4 Å². The van der Waals surface area contributed by atoms with Crippen LogP contribution in [-0.2, 0) is 0 Å². The number of benzene rings is 1. The number of nitrogens with zero attached hydrogens (tertiary/aromatic N) is 4. The van der Waals surface area contributed by atoms with Crippen molar-refractivity contribution in [2.75, 3.05) is 0 Å². The number of hydrogen-bond acceptors (Lipinski definition) is 5. The molecule has 0 radical (unpaired) electrons. The van der Waals surface area contributed by atoms with E-state index < -0.39 is 0 Å². The van der Waals surface area contributed by atoms with Crippen LogP contribution in [0.3, 0.4) is 0 Å². The zero-order valence-electron chi connectivity index (χ0n) is 6.51. The van der Waals surface area contributed by atoms with E-state index in [1.807, 2.05) is 12.1 Å². The zero-order chi connectivity index (χ0) is 8.67. The first-order valence-corrected chi connectivity index (χ1v) is 4.54. The van der Waals surface area contributed by atoms with Gasteiger partial charge in [-0.05, 0) is 23.7 Å². The summed E-state index contributed by atoms with van der Waals surface area (Å²) in [5.41, 5.74) is 2.66. The van der Waals surface area contributed by atoms with Gasteiger partial charge in [0.1, 0.15) is 15.7 Å². The molecule has 4 nitrogen and oxygen atoms in total. The minimum atomic E-state index is 0.884. The first kappa shape index (κ1) is 6.85. The Kier molecular flexibility index (Phi) is 1.28. The molecule has 13 heavy (non-hydrogen) atoms. The van der Waals surface area contributed by atoms with Gasteiger partial charge in [-0.15, -0.1) is 5.10 Å². The van der Waals surface area contributed by atoms with Crippen molar-refractivity contribution in [3.63, 3.8) is 0 Å². The fourth-order valence-electron chi connectivity index (χ4n) is 1.27. The molecule has 0 N–H and O–H groups in total. The fourth-order valence-corrected chi connectivity index (χ4v) is 1.93. The molecule has 2 heterocycles. The standard InChI is InChI=1S/C8H4N4S/c1-2-6-8(13-12-11-6)7-5(1)9-3-4-10-7/h1-4H. The molecule has 0 amide bonds. The summed E-state index contributed by atoms with van der Waals surface area (Å²) in [7, 11) is 0. The van der Waals surface area contributed by atoms with Crippen LogP contribution in [0.25, 0.3) is 21.3 Å². The highest BCUT2D eigenvalue weighted by Gasteiger charge is 2.04. The highest BCUT2D eigenvalue weighted by molar-refractivity contribution is 7.14. The second-order valence-corrected chi connectivity index (χ2v) is 3.36. The van der Waals surface area contributed by atoms with Gasteiger partial charge < -0.3 is 0 Å². The average molecular weight is 188 g/mol. The predicted molar refractivity (Wildman–Crippen MR) is 50.5 cm³/mol. The third-order valence-corrected chi connectivity index (χ3v) is 2.60. The quantitative estimate of drug-likeness (QED) is 0.538. The van der Waals surface area contributed by atoms with Crippen LogP contribution in [0.15, 0.2) is 24.5 Å². The van der Waals surface area contributed by atoms with Crippen molar-refractivity contribution >= 4 is 32.8 Å². The molecule has 2 aromatic heterocycles. The van der Waals surface area contributed by atoms with E-state index >= 15 is 0 Å². The lowest BCUT2D eigenvalue weighted by Crippen LogP contribution is -1.81. The van der Waals surface area contributed by atoms with Gasteiger partial charge in [-0.2, -0.15) is 0 Å². The molecule has 0 saturated carbocycles. The number of fused-ring (bicyclic) bond motifs is 3. The topological polar surface area (TPSA) is 51.6 Å². The van der Waals surface area contributed by atoms with Crippen molar-refractivity contribution in [2.45, 2.75) is 0 Å². The summed E-state index contributed by atoms with van der Waals surface area (Å²) in [5.74, 6) is 0. The van der Waals surface area contributed by atoms with E-state index in [9.17, 15) is 0 Å². The van der Waals surface area contributed by atoms with Gasteiger partial charge in [0.05, 0.1) is 5.52 Å². The van der Waals surface area contributed by atoms with Gasteiger partial charge >= 0.3 is 0 Å². The minimum absolute atomic E-state index is 0.884. The van der Waals surface area contributed by atoms with Crippen molar-refractivity contribution in [3.05, 3.63) is 24.5 Å². The van der Waals surface area contributed by atoms with Crippen LogP contribution in [0.4, 0.5) is 0 Å². The van der Waals surface area contributed by atoms with Crippen LogP contribution >= 0.6 is 11.5 Å². The van der Waals surface area contributed by atoms with Gasteiger partial charge in [0.25, 0.3) is 0 Å². The Hall–Kier alpha value is -1.62. The van der Waals surface area contributed by atoms with Crippen LogP contribution in [0.2, 0.25) is 0 Å².